The Morgan fingerprint density at radius 1 is 1.35 bits per heavy atom. The van der Waals surface area contributed by atoms with E-state index in [0.29, 0.717) is 12.1 Å². The van der Waals surface area contributed by atoms with Crippen LogP contribution in [0, 0.1) is 18.8 Å². The second-order valence-corrected chi connectivity index (χ2v) is 5.42. The van der Waals surface area contributed by atoms with Gasteiger partial charge < -0.3 is 15.2 Å². The molecule has 1 amide bonds. The molecule has 108 valence electrons. The summed E-state index contributed by atoms with van der Waals surface area (Å²) in [6.07, 6.45) is 0.520. The molecule has 0 bridgehead atoms. The number of carboxylic acids is 1. The summed E-state index contributed by atoms with van der Waals surface area (Å²) in [7, 11) is 0. The number of ether oxygens (including phenoxy) is 1. The van der Waals surface area contributed by atoms with Crippen LogP contribution in [0.15, 0.2) is 18.2 Å². The third-order valence-electron chi connectivity index (χ3n) is 3.27. The Labute approximate surface area is 117 Å². The lowest BCUT2D eigenvalue weighted by molar-refractivity contribution is -0.139. The van der Waals surface area contributed by atoms with E-state index >= 15 is 0 Å². The number of amides is 1. The van der Waals surface area contributed by atoms with E-state index in [4.69, 9.17) is 9.84 Å². The number of rotatable bonds is 5. The molecule has 5 nitrogen and oxygen atoms in total. The summed E-state index contributed by atoms with van der Waals surface area (Å²) >= 11 is 0. The van der Waals surface area contributed by atoms with Crippen molar-refractivity contribution in [2.75, 3.05) is 5.32 Å². The second kappa shape index (κ2) is 5.53. The van der Waals surface area contributed by atoms with E-state index in [2.05, 4.69) is 5.32 Å². The molecule has 2 N–H and O–H groups in total. The largest absolute Gasteiger partial charge is 0.491 e. The molecule has 1 aliphatic rings. The standard InChI is InChI=1S/C15H19NO4/c1-8(2)20-10-4-5-13(9(3)6-10)16-14(17)11-7-12(11)15(18)19/h4-6,8,11-12H,7H2,1-3H3,(H,16,17)(H,18,19). The number of benzene rings is 1. The van der Waals surface area contributed by atoms with Gasteiger partial charge in [-0.2, -0.15) is 0 Å². The molecule has 0 spiro atoms. The Morgan fingerprint density at radius 2 is 2.05 bits per heavy atom. The van der Waals surface area contributed by atoms with Crippen LogP contribution < -0.4 is 10.1 Å². The van der Waals surface area contributed by atoms with Gasteiger partial charge in [0.2, 0.25) is 5.91 Å². The number of carbonyl (C=O) groups is 2. The second-order valence-electron chi connectivity index (χ2n) is 5.42. The third-order valence-corrected chi connectivity index (χ3v) is 3.27. The van der Waals surface area contributed by atoms with Gasteiger partial charge >= 0.3 is 5.97 Å². The van der Waals surface area contributed by atoms with Crippen LogP contribution in [0.1, 0.15) is 25.8 Å². The van der Waals surface area contributed by atoms with Crippen molar-refractivity contribution in [2.24, 2.45) is 11.8 Å². The van der Waals surface area contributed by atoms with E-state index in [1.807, 2.05) is 26.8 Å². The highest BCUT2D eigenvalue weighted by Crippen LogP contribution is 2.39. The molecule has 1 aromatic carbocycles. The summed E-state index contributed by atoms with van der Waals surface area (Å²) in [6, 6.07) is 5.44. The first-order valence-corrected chi connectivity index (χ1v) is 6.69. The first-order chi connectivity index (χ1) is 9.38. The molecule has 1 fully saturated rings. The molecule has 2 atom stereocenters. The number of aryl methyl sites for hydroxylation is 1. The quantitative estimate of drug-likeness (QED) is 0.866. The summed E-state index contributed by atoms with van der Waals surface area (Å²) in [5.41, 5.74) is 1.59. The van der Waals surface area contributed by atoms with Crippen LogP contribution >= 0.6 is 0 Å². The first kappa shape index (κ1) is 14.4. The molecule has 0 radical (unpaired) electrons. The summed E-state index contributed by atoms with van der Waals surface area (Å²) in [5.74, 6) is -1.30. The molecule has 20 heavy (non-hydrogen) atoms. The highest BCUT2D eigenvalue weighted by Gasteiger charge is 2.48. The molecule has 1 saturated carbocycles. The zero-order valence-electron chi connectivity index (χ0n) is 11.8. The topological polar surface area (TPSA) is 75.6 Å². The van der Waals surface area contributed by atoms with Crippen molar-refractivity contribution >= 4 is 17.6 Å². The van der Waals surface area contributed by atoms with Crippen LogP contribution in [0.3, 0.4) is 0 Å². The molecule has 1 aliphatic carbocycles. The van der Waals surface area contributed by atoms with Gasteiger partial charge in [0.15, 0.2) is 0 Å². The molecule has 5 heteroatoms. The van der Waals surface area contributed by atoms with Crippen LogP contribution in [0.5, 0.6) is 5.75 Å². The number of nitrogens with one attached hydrogen (secondary N) is 1. The van der Waals surface area contributed by atoms with E-state index in [0.717, 1.165) is 11.3 Å². The monoisotopic (exact) mass is 277 g/mol. The van der Waals surface area contributed by atoms with Crippen molar-refractivity contribution < 1.29 is 19.4 Å². The number of carboxylic acid groups (broad SMARTS) is 1. The minimum atomic E-state index is -0.900. The first-order valence-electron chi connectivity index (χ1n) is 6.69. The SMILES string of the molecule is Cc1cc(OC(C)C)ccc1NC(=O)C1CC1C(=O)O. The van der Waals surface area contributed by atoms with Crippen molar-refractivity contribution in [1.29, 1.82) is 0 Å². The van der Waals surface area contributed by atoms with E-state index < -0.39 is 17.8 Å². The Hall–Kier alpha value is -2.04. The molecule has 0 saturated heterocycles. The van der Waals surface area contributed by atoms with Gasteiger partial charge in [0, 0.05) is 5.69 Å². The fourth-order valence-corrected chi connectivity index (χ4v) is 2.11. The molecule has 0 aliphatic heterocycles. The summed E-state index contributed by atoms with van der Waals surface area (Å²) in [4.78, 5) is 22.6. The van der Waals surface area contributed by atoms with Gasteiger partial charge in [0.05, 0.1) is 17.9 Å². The lowest BCUT2D eigenvalue weighted by Gasteiger charge is -2.13. The highest BCUT2D eigenvalue weighted by atomic mass is 16.5. The molecule has 0 aromatic heterocycles. The number of aliphatic carboxylic acids is 1. The fraction of sp³-hybridized carbons (Fsp3) is 0.467. The molecule has 0 heterocycles. The van der Waals surface area contributed by atoms with Gasteiger partial charge in [-0.25, -0.2) is 0 Å². The molecular formula is C15H19NO4. The van der Waals surface area contributed by atoms with Gasteiger partial charge in [0.1, 0.15) is 5.75 Å². The maximum Gasteiger partial charge on any atom is 0.307 e. The van der Waals surface area contributed by atoms with Crippen LogP contribution in [0.25, 0.3) is 0 Å². The van der Waals surface area contributed by atoms with E-state index in [1.54, 1.807) is 12.1 Å². The number of hydrogen-bond acceptors (Lipinski definition) is 3. The van der Waals surface area contributed by atoms with E-state index in [1.165, 1.54) is 0 Å². The number of carbonyl (C=O) groups excluding carboxylic acids is 1. The number of hydrogen-bond donors (Lipinski definition) is 2. The summed E-state index contributed by atoms with van der Waals surface area (Å²) in [5, 5.41) is 11.6. The molecule has 2 unspecified atom stereocenters. The van der Waals surface area contributed by atoms with Crippen LogP contribution in [-0.4, -0.2) is 23.1 Å². The maximum absolute atomic E-state index is 11.9. The smallest absolute Gasteiger partial charge is 0.307 e. The van der Waals surface area contributed by atoms with Gasteiger partial charge in [-0.3, -0.25) is 9.59 Å². The van der Waals surface area contributed by atoms with Crippen molar-refractivity contribution in [3.05, 3.63) is 23.8 Å². The molecule has 2 rings (SSSR count). The zero-order valence-corrected chi connectivity index (χ0v) is 11.8. The van der Waals surface area contributed by atoms with Crippen molar-refractivity contribution in [1.82, 2.24) is 0 Å². The normalized spacial score (nSPS) is 20.6. The van der Waals surface area contributed by atoms with E-state index in [9.17, 15) is 9.59 Å². The van der Waals surface area contributed by atoms with Gasteiger partial charge in [-0.15, -0.1) is 0 Å². The zero-order chi connectivity index (χ0) is 14.9. The average molecular weight is 277 g/mol. The van der Waals surface area contributed by atoms with Crippen molar-refractivity contribution in [3.63, 3.8) is 0 Å². The minimum Gasteiger partial charge on any atom is -0.491 e. The molecule has 1 aromatic rings. The highest BCUT2D eigenvalue weighted by molar-refractivity contribution is 5.98. The van der Waals surface area contributed by atoms with Crippen molar-refractivity contribution in [2.45, 2.75) is 33.3 Å². The van der Waals surface area contributed by atoms with E-state index in [-0.39, 0.29) is 12.0 Å². The maximum atomic E-state index is 11.9. The van der Waals surface area contributed by atoms with Gasteiger partial charge in [0.25, 0.3) is 0 Å². The predicted molar refractivity (Wildman–Crippen MR) is 74.8 cm³/mol. The minimum absolute atomic E-state index is 0.0950. The Bertz CT molecular complexity index is 539. The lowest BCUT2D eigenvalue weighted by Crippen LogP contribution is -2.17. The van der Waals surface area contributed by atoms with Crippen molar-refractivity contribution in [3.8, 4) is 5.75 Å². The fourth-order valence-electron chi connectivity index (χ4n) is 2.11. The Balaban J connectivity index is 2.00. The third kappa shape index (κ3) is 3.29. The predicted octanol–water partition coefficient (Wildman–Crippen LogP) is 2.44. The van der Waals surface area contributed by atoms with Crippen LogP contribution in [0.4, 0.5) is 5.69 Å². The van der Waals surface area contributed by atoms with Crippen LogP contribution in [-0.2, 0) is 9.59 Å². The molecular weight excluding hydrogens is 258 g/mol. The van der Waals surface area contributed by atoms with Crippen LogP contribution in [0.2, 0.25) is 0 Å². The summed E-state index contributed by atoms with van der Waals surface area (Å²) < 4.78 is 5.57. The van der Waals surface area contributed by atoms with Gasteiger partial charge in [-0.05, 0) is 51.0 Å². The summed E-state index contributed by atoms with van der Waals surface area (Å²) in [6.45, 7) is 5.78. The Morgan fingerprint density at radius 3 is 2.55 bits per heavy atom. The Kier molecular flexibility index (Phi) is 3.97. The average Bonchev–Trinajstić information content (AvgIpc) is 3.12. The number of anilines is 1. The van der Waals surface area contributed by atoms with Gasteiger partial charge in [-0.1, -0.05) is 0 Å². The lowest BCUT2D eigenvalue weighted by atomic mass is 10.1.